The highest BCUT2D eigenvalue weighted by molar-refractivity contribution is 9.11. The number of halogens is 2. The highest BCUT2D eigenvalue weighted by atomic mass is 79.9. The molecule has 2 aliphatic rings. The first-order chi connectivity index (χ1) is 15.3. The molecule has 0 fully saturated rings. The molecule has 0 radical (unpaired) electrons. The summed E-state index contributed by atoms with van der Waals surface area (Å²) >= 11 is 7.25. The standard InChI is InChI=1S/C25H23Br2N3O2/c1-14-6-8-15(9-7-14)13-32-24-18(26)10-16(11-19(24)27)22-17(12-28)25(29)30(2)20-4-3-5-21(31)23(20)22/h6-11,22H,3-5,13,29H2,1-2H3/t22-/m0/s1. The Morgan fingerprint density at radius 3 is 2.47 bits per heavy atom. The summed E-state index contributed by atoms with van der Waals surface area (Å²) in [6, 6.07) is 14.3. The van der Waals surface area contributed by atoms with E-state index in [2.05, 4.69) is 50.1 Å². The fraction of sp³-hybridized carbons (Fsp3) is 0.280. The van der Waals surface area contributed by atoms with Crippen LogP contribution in [0.25, 0.3) is 0 Å². The van der Waals surface area contributed by atoms with Crippen molar-refractivity contribution in [3.8, 4) is 11.8 Å². The summed E-state index contributed by atoms with van der Waals surface area (Å²) in [5, 5.41) is 9.91. The van der Waals surface area contributed by atoms with Crippen LogP contribution in [0.15, 0.2) is 68.0 Å². The van der Waals surface area contributed by atoms with Crippen LogP contribution in [-0.4, -0.2) is 17.7 Å². The minimum absolute atomic E-state index is 0.0790. The zero-order valence-electron chi connectivity index (χ0n) is 17.9. The molecule has 1 atom stereocenters. The van der Waals surface area contributed by atoms with E-state index in [1.165, 1.54) is 5.56 Å². The van der Waals surface area contributed by atoms with Crippen molar-refractivity contribution < 1.29 is 9.53 Å². The van der Waals surface area contributed by atoms with Crippen LogP contribution in [0.2, 0.25) is 0 Å². The van der Waals surface area contributed by atoms with Crippen molar-refractivity contribution in [1.29, 1.82) is 5.26 Å². The maximum Gasteiger partial charge on any atom is 0.161 e. The van der Waals surface area contributed by atoms with Gasteiger partial charge in [0, 0.05) is 24.7 Å². The Morgan fingerprint density at radius 2 is 1.84 bits per heavy atom. The molecular formula is C25H23Br2N3O2. The van der Waals surface area contributed by atoms with E-state index < -0.39 is 5.92 Å². The van der Waals surface area contributed by atoms with Crippen LogP contribution in [0.3, 0.4) is 0 Å². The molecule has 7 heteroatoms. The number of carbonyl (C=O) groups excluding carboxylic acids is 1. The van der Waals surface area contributed by atoms with Gasteiger partial charge in [0.2, 0.25) is 0 Å². The zero-order valence-corrected chi connectivity index (χ0v) is 21.1. The molecule has 0 bridgehead atoms. The number of hydrogen-bond donors (Lipinski definition) is 1. The van der Waals surface area contributed by atoms with Gasteiger partial charge in [-0.15, -0.1) is 0 Å². The van der Waals surface area contributed by atoms with E-state index in [9.17, 15) is 10.1 Å². The number of rotatable bonds is 4. The average molecular weight is 557 g/mol. The molecular weight excluding hydrogens is 534 g/mol. The number of nitriles is 1. The molecule has 0 spiro atoms. The van der Waals surface area contributed by atoms with Gasteiger partial charge in [-0.1, -0.05) is 29.8 Å². The summed E-state index contributed by atoms with van der Waals surface area (Å²) < 4.78 is 7.56. The van der Waals surface area contributed by atoms with Crippen molar-refractivity contribution in [3.63, 3.8) is 0 Å². The number of ether oxygens (including phenoxy) is 1. The van der Waals surface area contributed by atoms with Crippen LogP contribution >= 0.6 is 31.9 Å². The summed E-state index contributed by atoms with van der Waals surface area (Å²) in [6.07, 6.45) is 2.05. The average Bonchev–Trinajstić information content (AvgIpc) is 2.77. The van der Waals surface area contributed by atoms with E-state index in [1.54, 1.807) is 4.90 Å². The molecule has 2 aromatic rings. The number of nitrogens with two attached hydrogens (primary N) is 1. The largest absolute Gasteiger partial charge is 0.487 e. The van der Waals surface area contributed by atoms with E-state index in [1.807, 2.05) is 38.2 Å². The normalized spacial score (nSPS) is 18.5. The molecule has 0 unspecified atom stereocenters. The maximum absolute atomic E-state index is 12.9. The first-order valence-electron chi connectivity index (χ1n) is 10.4. The van der Waals surface area contributed by atoms with Crippen LogP contribution in [0, 0.1) is 18.3 Å². The second-order valence-electron chi connectivity index (χ2n) is 8.13. The highest BCUT2D eigenvalue weighted by Gasteiger charge is 2.39. The van der Waals surface area contributed by atoms with Gasteiger partial charge in [-0.25, -0.2) is 0 Å². The van der Waals surface area contributed by atoms with Gasteiger partial charge in [0.15, 0.2) is 5.78 Å². The van der Waals surface area contributed by atoms with E-state index >= 15 is 0 Å². The molecule has 0 saturated carbocycles. The third kappa shape index (κ3) is 4.10. The lowest BCUT2D eigenvalue weighted by molar-refractivity contribution is -0.116. The predicted molar refractivity (Wildman–Crippen MR) is 131 cm³/mol. The number of nitrogens with zero attached hydrogens (tertiary/aromatic N) is 2. The van der Waals surface area contributed by atoms with Crippen LogP contribution in [0.5, 0.6) is 5.75 Å². The van der Waals surface area contributed by atoms with Gasteiger partial charge < -0.3 is 15.4 Å². The number of carbonyl (C=O) groups is 1. The first-order valence-corrected chi connectivity index (χ1v) is 12.0. The van der Waals surface area contributed by atoms with Crippen molar-refractivity contribution in [1.82, 2.24) is 4.90 Å². The number of benzene rings is 2. The molecule has 0 saturated heterocycles. The fourth-order valence-corrected chi connectivity index (χ4v) is 5.77. The van der Waals surface area contributed by atoms with E-state index in [-0.39, 0.29) is 5.78 Å². The Bertz CT molecular complexity index is 1170. The minimum Gasteiger partial charge on any atom is -0.487 e. The lowest BCUT2D eigenvalue weighted by Crippen LogP contribution is -2.36. The maximum atomic E-state index is 12.9. The zero-order chi connectivity index (χ0) is 23.0. The molecule has 0 amide bonds. The van der Waals surface area contributed by atoms with Gasteiger partial charge in [0.1, 0.15) is 18.2 Å². The van der Waals surface area contributed by atoms with E-state index in [0.29, 0.717) is 35.7 Å². The molecule has 4 rings (SSSR count). The molecule has 1 heterocycles. The summed E-state index contributed by atoms with van der Waals surface area (Å²) in [6.45, 7) is 2.48. The van der Waals surface area contributed by atoms with Gasteiger partial charge in [-0.2, -0.15) is 5.26 Å². The number of hydrogen-bond acceptors (Lipinski definition) is 5. The van der Waals surface area contributed by atoms with Crippen molar-refractivity contribution in [2.24, 2.45) is 5.73 Å². The van der Waals surface area contributed by atoms with Crippen molar-refractivity contribution in [2.45, 2.75) is 38.7 Å². The van der Waals surface area contributed by atoms with Gasteiger partial charge in [-0.3, -0.25) is 4.79 Å². The Hall–Kier alpha value is -2.56. The van der Waals surface area contributed by atoms with Crippen LogP contribution < -0.4 is 10.5 Å². The highest BCUT2D eigenvalue weighted by Crippen LogP contribution is 2.46. The topological polar surface area (TPSA) is 79.3 Å². The first kappa shape index (κ1) is 22.6. The third-order valence-corrected chi connectivity index (χ3v) is 7.20. The van der Waals surface area contributed by atoms with Crippen molar-refractivity contribution in [2.75, 3.05) is 7.05 Å². The van der Waals surface area contributed by atoms with Crippen molar-refractivity contribution in [3.05, 3.63) is 84.7 Å². The Morgan fingerprint density at radius 1 is 1.19 bits per heavy atom. The summed E-state index contributed by atoms with van der Waals surface area (Å²) in [5.41, 5.74) is 11.4. The van der Waals surface area contributed by atoms with Gasteiger partial charge in [-0.05, 0) is 74.9 Å². The number of allylic oxidation sites excluding steroid dienone is 3. The second kappa shape index (κ2) is 9.13. The van der Waals surface area contributed by atoms with E-state index in [4.69, 9.17) is 10.5 Å². The third-order valence-electron chi connectivity index (χ3n) is 6.03. The molecule has 0 aromatic heterocycles. The molecule has 1 aliphatic heterocycles. The van der Waals surface area contributed by atoms with Gasteiger partial charge in [0.25, 0.3) is 0 Å². The SMILES string of the molecule is Cc1ccc(COc2c(Br)cc([C@H]3C(C#N)=C(N)N(C)C4=C3C(=O)CCC4)cc2Br)cc1. The summed E-state index contributed by atoms with van der Waals surface area (Å²) in [5.74, 6) is 0.660. The van der Waals surface area contributed by atoms with Crippen LogP contribution in [0.4, 0.5) is 0 Å². The van der Waals surface area contributed by atoms with Gasteiger partial charge in [0.05, 0.1) is 26.5 Å². The van der Waals surface area contributed by atoms with Crippen molar-refractivity contribution >= 4 is 37.6 Å². The minimum atomic E-state index is -0.488. The molecule has 32 heavy (non-hydrogen) atoms. The smallest absolute Gasteiger partial charge is 0.161 e. The lowest BCUT2D eigenvalue weighted by Gasteiger charge is -2.37. The Kier molecular flexibility index (Phi) is 6.45. The predicted octanol–water partition coefficient (Wildman–Crippen LogP) is 5.83. The fourth-order valence-electron chi connectivity index (χ4n) is 4.32. The molecule has 1 aliphatic carbocycles. The Labute approximate surface area is 204 Å². The van der Waals surface area contributed by atoms with E-state index in [0.717, 1.165) is 38.6 Å². The van der Waals surface area contributed by atoms with Gasteiger partial charge >= 0.3 is 0 Å². The number of ketones is 1. The molecule has 164 valence electrons. The Balaban J connectivity index is 1.72. The molecule has 2 aromatic carbocycles. The summed E-state index contributed by atoms with van der Waals surface area (Å²) in [4.78, 5) is 14.7. The number of Topliss-reactive ketones (excluding diaryl/α,β-unsaturated/α-hetero) is 1. The lowest BCUT2D eigenvalue weighted by atomic mass is 9.76. The van der Waals surface area contributed by atoms with Crippen LogP contribution in [-0.2, 0) is 11.4 Å². The second-order valence-corrected chi connectivity index (χ2v) is 9.84. The molecule has 2 N–H and O–H groups in total. The summed E-state index contributed by atoms with van der Waals surface area (Å²) in [7, 11) is 1.82. The quantitative estimate of drug-likeness (QED) is 0.512. The monoisotopic (exact) mass is 555 g/mol. The number of aryl methyl sites for hydroxylation is 1. The molecule has 5 nitrogen and oxygen atoms in total. The van der Waals surface area contributed by atoms with Crippen LogP contribution in [0.1, 0.15) is 41.9 Å².